The molecule has 3 nitrogen and oxygen atoms in total. The lowest BCUT2D eigenvalue weighted by molar-refractivity contribution is -0.137. The van der Waals surface area contributed by atoms with Crippen LogP contribution in [0.15, 0.2) is 12.1 Å². The van der Waals surface area contributed by atoms with Gasteiger partial charge in [-0.1, -0.05) is 11.6 Å². The third kappa shape index (κ3) is 1.65. The fourth-order valence-corrected chi connectivity index (χ4v) is 1.62. The number of nitrogens with one attached hydrogen (secondary N) is 1. The Morgan fingerprint density at radius 1 is 1.38 bits per heavy atom. The first-order chi connectivity index (χ1) is 7.43. The van der Waals surface area contributed by atoms with Gasteiger partial charge in [-0.05, 0) is 12.1 Å². The highest BCUT2D eigenvalue weighted by molar-refractivity contribution is 6.32. The van der Waals surface area contributed by atoms with Crippen LogP contribution in [0, 0.1) is 0 Å². The molecule has 0 fully saturated rings. The zero-order chi connectivity index (χ0) is 11.9. The number of H-pyrrole nitrogens is 1. The van der Waals surface area contributed by atoms with Crippen LogP contribution in [0.25, 0.3) is 10.9 Å². The Morgan fingerprint density at radius 2 is 2.06 bits per heavy atom. The van der Waals surface area contributed by atoms with Gasteiger partial charge in [0.15, 0.2) is 6.29 Å². The third-order valence-corrected chi connectivity index (χ3v) is 2.41. The van der Waals surface area contributed by atoms with E-state index in [4.69, 9.17) is 11.6 Å². The minimum atomic E-state index is -4.55. The molecule has 2 aromatic rings. The SMILES string of the molecule is O=Cc1[nH]nc2cc(Cl)c(C(F)(F)F)cc12. The van der Waals surface area contributed by atoms with Crippen LogP contribution < -0.4 is 0 Å². The molecule has 0 unspecified atom stereocenters. The number of nitrogens with zero attached hydrogens (tertiary/aromatic N) is 1. The van der Waals surface area contributed by atoms with Crippen LogP contribution in [0.3, 0.4) is 0 Å². The Balaban J connectivity index is 2.77. The first-order valence-corrected chi connectivity index (χ1v) is 4.51. The van der Waals surface area contributed by atoms with Crippen molar-refractivity contribution < 1.29 is 18.0 Å². The molecule has 0 amide bonds. The van der Waals surface area contributed by atoms with Gasteiger partial charge in [0.1, 0.15) is 5.69 Å². The van der Waals surface area contributed by atoms with E-state index in [2.05, 4.69) is 10.2 Å². The molecule has 0 saturated carbocycles. The van der Waals surface area contributed by atoms with Crippen molar-refractivity contribution in [3.63, 3.8) is 0 Å². The number of carbonyl (C=O) groups excluding carboxylic acids is 1. The Hall–Kier alpha value is -1.56. The standard InChI is InChI=1S/C9H4ClF3N2O/c10-6-2-7-4(8(3-16)15-14-7)1-5(6)9(11,12)13/h1-3H,(H,14,15). The zero-order valence-electron chi connectivity index (χ0n) is 7.60. The fraction of sp³-hybridized carbons (Fsp3) is 0.111. The molecule has 2 rings (SSSR count). The highest BCUT2D eigenvalue weighted by atomic mass is 35.5. The van der Waals surface area contributed by atoms with Crippen molar-refractivity contribution in [1.29, 1.82) is 0 Å². The lowest BCUT2D eigenvalue weighted by Gasteiger charge is -2.08. The predicted molar refractivity (Wildman–Crippen MR) is 51.5 cm³/mol. The van der Waals surface area contributed by atoms with Gasteiger partial charge in [-0.3, -0.25) is 9.89 Å². The maximum Gasteiger partial charge on any atom is 0.417 e. The second kappa shape index (κ2) is 3.48. The number of alkyl halides is 3. The molecule has 1 heterocycles. The minimum Gasteiger partial charge on any atom is -0.296 e. The summed E-state index contributed by atoms with van der Waals surface area (Å²) < 4.78 is 37.5. The van der Waals surface area contributed by atoms with E-state index in [-0.39, 0.29) is 16.6 Å². The molecule has 16 heavy (non-hydrogen) atoms. The summed E-state index contributed by atoms with van der Waals surface area (Å²) in [7, 11) is 0. The van der Waals surface area contributed by atoms with Crippen molar-refractivity contribution in [3.8, 4) is 0 Å². The van der Waals surface area contributed by atoms with E-state index >= 15 is 0 Å². The maximum absolute atomic E-state index is 12.5. The first kappa shape index (κ1) is 10.9. The molecule has 84 valence electrons. The molecule has 0 aliphatic heterocycles. The van der Waals surface area contributed by atoms with E-state index in [0.29, 0.717) is 6.29 Å². The Morgan fingerprint density at radius 3 is 2.62 bits per heavy atom. The number of rotatable bonds is 1. The van der Waals surface area contributed by atoms with Gasteiger partial charge in [-0.2, -0.15) is 18.3 Å². The summed E-state index contributed by atoms with van der Waals surface area (Å²) in [6.07, 6.45) is -4.15. The van der Waals surface area contributed by atoms with Crippen LogP contribution in [0.4, 0.5) is 13.2 Å². The van der Waals surface area contributed by atoms with Crippen LogP contribution in [-0.4, -0.2) is 16.5 Å². The Bertz CT molecular complexity index is 562. The highest BCUT2D eigenvalue weighted by Gasteiger charge is 2.33. The average Bonchev–Trinajstić information content (AvgIpc) is 2.56. The average molecular weight is 249 g/mol. The van der Waals surface area contributed by atoms with E-state index in [1.54, 1.807) is 0 Å². The van der Waals surface area contributed by atoms with Crippen LogP contribution in [-0.2, 0) is 6.18 Å². The molecule has 0 bridgehead atoms. The molecule has 0 radical (unpaired) electrons. The van der Waals surface area contributed by atoms with E-state index < -0.39 is 16.8 Å². The van der Waals surface area contributed by atoms with Crippen LogP contribution in [0.5, 0.6) is 0 Å². The Labute approximate surface area is 92.2 Å². The molecule has 0 aliphatic carbocycles. The molecule has 7 heteroatoms. The summed E-state index contributed by atoms with van der Waals surface area (Å²) in [6, 6.07) is 1.88. The van der Waals surface area contributed by atoms with Gasteiger partial charge in [0, 0.05) is 5.39 Å². The lowest BCUT2D eigenvalue weighted by atomic mass is 10.1. The minimum absolute atomic E-state index is 0.00262. The van der Waals surface area contributed by atoms with Crippen molar-refractivity contribution in [2.45, 2.75) is 6.18 Å². The number of aromatic nitrogens is 2. The number of benzene rings is 1. The highest BCUT2D eigenvalue weighted by Crippen LogP contribution is 2.37. The van der Waals surface area contributed by atoms with Crippen molar-refractivity contribution in [3.05, 3.63) is 28.4 Å². The normalized spacial score (nSPS) is 12.0. The smallest absolute Gasteiger partial charge is 0.296 e. The van der Waals surface area contributed by atoms with Crippen LogP contribution in [0.2, 0.25) is 5.02 Å². The van der Waals surface area contributed by atoms with E-state index in [9.17, 15) is 18.0 Å². The fourth-order valence-electron chi connectivity index (χ4n) is 1.36. The van der Waals surface area contributed by atoms with Crippen molar-refractivity contribution in [2.75, 3.05) is 0 Å². The monoisotopic (exact) mass is 248 g/mol. The van der Waals surface area contributed by atoms with Gasteiger partial charge in [-0.15, -0.1) is 0 Å². The maximum atomic E-state index is 12.5. The van der Waals surface area contributed by atoms with Crippen LogP contribution >= 0.6 is 11.6 Å². The second-order valence-electron chi connectivity index (χ2n) is 3.10. The van der Waals surface area contributed by atoms with Gasteiger partial charge in [0.05, 0.1) is 16.1 Å². The molecule has 0 atom stereocenters. The summed E-state index contributed by atoms with van der Waals surface area (Å²) >= 11 is 5.48. The van der Waals surface area contributed by atoms with Gasteiger partial charge in [0.25, 0.3) is 0 Å². The number of aromatic amines is 1. The number of hydrogen-bond acceptors (Lipinski definition) is 2. The molecule has 0 aliphatic rings. The van der Waals surface area contributed by atoms with Crippen LogP contribution in [0.1, 0.15) is 16.1 Å². The first-order valence-electron chi connectivity index (χ1n) is 4.13. The van der Waals surface area contributed by atoms with Crippen molar-refractivity contribution >= 4 is 28.8 Å². The molecule has 0 saturated heterocycles. The van der Waals surface area contributed by atoms with E-state index in [0.717, 1.165) is 12.1 Å². The van der Waals surface area contributed by atoms with E-state index in [1.807, 2.05) is 0 Å². The van der Waals surface area contributed by atoms with Gasteiger partial charge in [-0.25, -0.2) is 0 Å². The molecule has 0 spiro atoms. The summed E-state index contributed by atoms with van der Waals surface area (Å²) in [5.41, 5.74) is -0.761. The van der Waals surface area contributed by atoms with Crippen molar-refractivity contribution in [1.82, 2.24) is 10.2 Å². The summed E-state index contributed by atoms with van der Waals surface area (Å²) in [6.45, 7) is 0. The molecule has 1 aromatic heterocycles. The number of fused-ring (bicyclic) bond motifs is 1. The third-order valence-electron chi connectivity index (χ3n) is 2.10. The van der Waals surface area contributed by atoms with Gasteiger partial charge >= 0.3 is 6.18 Å². The molecular formula is C9H4ClF3N2O. The number of carbonyl (C=O) groups is 1. The van der Waals surface area contributed by atoms with Gasteiger partial charge < -0.3 is 0 Å². The Kier molecular flexibility index (Phi) is 2.38. The second-order valence-corrected chi connectivity index (χ2v) is 3.51. The van der Waals surface area contributed by atoms with Gasteiger partial charge in [0.2, 0.25) is 0 Å². The topological polar surface area (TPSA) is 45.8 Å². The predicted octanol–water partition coefficient (Wildman–Crippen LogP) is 3.05. The largest absolute Gasteiger partial charge is 0.417 e. The zero-order valence-corrected chi connectivity index (χ0v) is 8.36. The molecule has 1 N–H and O–H groups in total. The summed E-state index contributed by atoms with van der Waals surface area (Å²) in [4.78, 5) is 10.5. The number of halogens is 4. The number of hydrogen-bond donors (Lipinski definition) is 1. The molecular weight excluding hydrogens is 245 g/mol. The molecule has 1 aromatic carbocycles. The summed E-state index contributed by atoms with van der Waals surface area (Å²) in [5, 5.41) is 5.65. The quantitative estimate of drug-likeness (QED) is 0.789. The van der Waals surface area contributed by atoms with Crippen molar-refractivity contribution in [2.24, 2.45) is 0 Å². The number of aldehydes is 1. The van der Waals surface area contributed by atoms with E-state index in [1.165, 1.54) is 0 Å². The summed E-state index contributed by atoms with van der Waals surface area (Å²) in [5.74, 6) is 0. The lowest BCUT2D eigenvalue weighted by Crippen LogP contribution is -2.05.